The molecule has 5 heterocycles. The summed E-state index contributed by atoms with van der Waals surface area (Å²) in [5.41, 5.74) is 0.924. The molecule has 1 atom stereocenters. The molecule has 1 saturated heterocycles. The SMILES string of the molecule is CN1CC[C@@](O)(c2cc(-c3cccc(-c4ccnc(Nc5cnn(CCF)c5)n4)n3)no2)C1=O. The number of likely N-dealkylation sites (N-methyl/N-ethyl adjacent to an activating group) is 1. The Balaban J connectivity index is 1.38. The number of pyridine rings is 1. The number of aromatic nitrogens is 6. The number of hydrogen-bond donors (Lipinski definition) is 2. The molecule has 0 aromatic carbocycles. The van der Waals surface area contributed by atoms with Gasteiger partial charge in [0.25, 0.3) is 5.91 Å². The number of rotatable bonds is 7. The Morgan fingerprint density at radius 2 is 2.00 bits per heavy atom. The van der Waals surface area contributed by atoms with Gasteiger partial charge in [-0.3, -0.25) is 9.48 Å². The van der Waals surface area contributed by atoms with Gasteiger partial charge in [-0.15, -0.1) is 0 Å². The summed E-state index contributed by atoms with van der Waals surface area (Å²) in [4.78, 5) is 27.1. The summed E-state index contributed by atoms with van der Waals surface area (Å²) in [6, 6.07) is 8.58. The van der Waals surface area contributed by atoms with Crippen molar-refractivity contribution in [3.63, 3.8) is 0 Å². The molecule has 0 unspecified atom stereocenters. The Morgan fingerprint density at radius 1 is 1.21 bits per heavy atom. The third kappa shape index (κ3) is 3.99. The molecule has 1 amide bonds. The van der Waals surface area contributed by atoms with E-state index in [4.69, 9.17) is 4.52 Å². The van der Waals surface area contributed by atoms with Gasteiger partial charge < -0.3 is 19.8 Å². The van der Waals surface area contributed by atoms with Gasteiger partial charge in [0.15, 0.2) is 5.76 Å². The maximum absolute atomic E-state index is 12.5. The number of amides is 1. The number of carbonyl (C=O) groups is 1. The molecule has 0 saturated carbocycles. The molecule has 12 heteroatoms. The van der Waals surface area contributed by atoms with E-state index in [0.29, 0.717) is 41.0 Å². The minimum Gasteiger partial charge on any atom is -0.373 e. The van der Waals surface area contributed by atoms with Gasteiger partial charge >= 0.3 is 0 Å². The van der Waals surface area contributed by atoms with Crippen molar-refractivity contribution in [2.75, 3.05) is 25.6 Å². The van der Waals surface area contributed by atoms with Gasteiger partial charge in [-0.05, 0) is 18.2 Å². The average molecular weight is 464 g/mol. The number of likely N-dealkylation sites (tertiary alicyclic amines) is 1. The van der Waals surface area contributed by atoms with Crippen molar-refractivity contribution >= 4 is 17.5 Å². The van der Waals surface area contributed by atoms with Crippen LogP contribution in [-0.2, 0) is 16.9 Å². The highest BCUT2D eigenvalue weighted by molar-refractivity contribution is 5.87. The maximum atomic E-state index is 12.5. The molecule has 34 heavy (non-hydrogen) atoms. The van der Waals surface area contributed by atoms with Gasteiger partial charge in [-0.1, -0.05) is 11.2 Å². The summed E-state index contributed by atoms with van der Waals surface area (Å²) < 4.78 is 19.3. The molecule has 1 fully saturated rings. The lowest BCUT2D eigenvalue weighted by Gasteiger charge is -2.16. The normalized spacial score (nSPS) is 18.0. The quantitative estimate of drug-likeness (QED) is 0.422. The number of anilines is 2. The predicted molar refractivity (Wildman–Crippen MR) is 118 cm³/mol. The fourth-order valence-electron chi connectivity index (χ4n) is 3.72. The van der Waals surface area contributed by atoms with Crippen LogP contribution in [0.5, 0.6) is 0 Å². The maximum Gasteiger partial charge on any atom is 0.262 e. The smallest absolute Gasteiger partial charge is 0.262 e. The minimum absolute atomic E-state index is 0.0888. The number of nitrogens with one attached hydrogen (secondary N) is 1. The molecule has 2 N–H and O–H groups in total. The van der Waals surface area contributed by atoms with Crippen molar-refractivity contribution in [2.24, 2.45) is 0 Å². The van der Waals surface area contributed by atoms with E-state index in [1.165, 1.54) is 15.6 Å². The standard InChI is InChI=1S/C22H21FN8O3/c1-30-9-6-22(33,20(30)32)19-11-18(29-34-19)16-4-2-3-15(27-16)17-5-8-24-21(28-17)26-14-12-25-31(13-14)10-7-23/h2-5,8,11-13,33H,6-7,9-10H2,1H3,(H,24,26,28)/t22-/m1/s1. The number of alkyl halides is 1. The summed E-state index contributed by atoms with van der Waals surface area (Å²) in [7, 11) is 1.63. The van der Waals surface area contributed by atoms with Gasteiger partial charge in [-0.25, -0.2) is 19.3 Å². The second-order valence-corrected chi connectivity index (χ2v) is 7.89. The summed E-state index contributed by atoms with van der Waals surface area (Å²) >= 11 is 0. The Bertz CT molecular complexity index is 1340. The predicted octanol–water partition coefficient (Wildman–Crippen LogP) is 2.15. The fraction of sp³-hybridized carbons (Fsp3) is 0.273. The molecule has 4 aromatic rings. The molecule has 0 bridgehead atoms. The van der Waals surface area contributed by atoms with Crippen LogP contribution in [0.2, 0.25) is 0 Å². The van der Waals surface area contributed by atoms with Crippen molar-refractivity contribution < 1.29 is 18.8 Å². The summed E-state index contributed by atoms with van der Waals surface area (Å²) in [6.45, 7) is 0.0971. The van der Waals surface area contributed by atoms with Crippen LogP contribution in [0.15, 0.2) is 53.4 Å². The zero-order valence-electron chi connectivity index (χ0n) is 18.2. The van der Waals surface area contributed by atoms with Crippen molar-refractivity contribution in [2.45, 2.75) is 18.6 Å². The zero-order chi connectivity index (χ0) is 23.7. The van der Waals surface area contributed by atoms with E-state index in [1.807, 2.05) is 0 Å². The Morgan fingerprint density at radius 3 is 2.76 bits per heavy atom. The highest BCUT2D eigenvalue weighted by Crippen LogP contribution is 2.34. The van der Waals surface area contributed by atoms with Crippen LogP contribution < -0.4 is 5.32 Å². The van der Waals surface area contributed by atoms with Crippen LogP contribution in [0.3, 0.4) is 0 Å². The number of carbonyl (C=O) groups excluding carboxylic acids is 1. The van der Waals surface area contributed by atoms with Gasteiger partial charge in [0, 0.05) is 38.5 Å². The lowest BCUT2D eigenvalue weighted by Crippen LogP contribution is -2.35. The summed E-state index contributed by atoms with van der Waals surface area (Å²) in [6.07, 6.45) is 5.05. The largest absolute Gasteiger partial charge is 0.373 e. The van der Waals surface area contributed by atoms with Crippen molar-refractivity contribution in [1.29, 1.82) is 0 Å². The third-order valence-corrected chi connectivity index (χ3v) is 5.56. The molecule has 174 valence electrons. The second kappa shape index (κ2) is 8.63. The van der Waals surface area contributed by atoms with Crippen LogP contribution in [0.4, 0.5) is 16.0 Å². The minimum atomic E-state index is -1.72. The molecule has 4 aromatic heterocycles. The first kappa shape index (κ1) is 21.6. The van der Waals surface area contributed by atoms with Gasteiger partial charge in [-0.2, -0.15) is 5.10 Å². The number of nitrogens with zero attached hydrogens (tertiary/aromatic N) is 7. The molecule has 5 rings (SSSR count). The van der Waals surface area contributed by atoms with Crippen molar-refractivity contribution in [3.8, 4) is 22.8 Å². The molecule has 11 nitrogen and oxygen atoms in total. The average Bonchev–Trinajstić information content (AvgIpc) is 3.58. The molecule has 1 aliphatic rings. The molecule has 0 spiro atoms. The zero-order valence-corrected chi connectivity index (χ0v) is 18.2. The van der Waals surface area contributed by atoms with Crippen molar-refractivity contribution in [1.82, 2.24) is 34.8 Å². The van der Waals surface area contributed by atoms with E-state index in [-0.39, 0.29) is 18.7 Å². The fourth-order valence-corrected chi connectivity index (χ4v) is 3.72. The van der Waals surface area contributed by atoms with E-state index >= 15 is 0 Å². The number of aryl methyl sites for hydroxylation is 1. The van der Waals surface area contributed by atoms with Crippen molar-refractivity contribution in [3.05, 3.63) is 54.7 Å². The Hall–Kier alpha value is -4.19. The van der Waals surface area contributed by atoms with E-state index < -0.39 is 18.2 Å². The monoisotopic (exact) mass is 464 g/mol. The van der Waals surface area contributed by atoms with Crippen LogP contribution >= 0.6 is 0 Å². The molecule has 1 aliphatic heterocycles. The molecular weight excluding hydrogens is 443 g/mol. The Kier molecular flexibility index (Phi) is 5.49. The summed E-state index contributed by atoms with van der Waals surface area (Å²) in [5, 5.41) is 21.9. The first-order chi connectivity index (χ1) is 16.5. The van der Waals surface area contributed by atoms with Gasteiger partial charge in [0.05, 0.1) is 35.5 Å². The first-order valence-corrected chi connectivity index (χ1v) is 10.6. The van der Waals surface area contributed by atoms with E-state index in [0.717, 1.165) is 0 Å². The van der Waals surface area contributed by atoms with Crippen LogP contribution in [0, 0.1) is 0 Å². The lowest BCUT2D eigenvalue weighted by atomic mass is 9.98. The van der Waals surface area contributed by atoms with E-state index in [1.54, 1.807) is 49.9 Å². The molecule has 0 radical (unpaired) electrons. The molecule has 0 aliphatic carbocycles. The van der Waals surface area contributed by atoms with Gasteiger partial charge in [0.2, 0.25) is 11.5 Å². The summed E-state index contributed by atoms with van der Waals surface area (Å²) in [5.74, 6) is -0.00152. The van der Waals surface area contributed by atoms with Crippen LogP contribution in [0.1, 0.15) is 12.2 Å². The van der Waals surface area contributed by atoms with E-state index in [2.05, 4.69) is 30.5 Å². The number of hydrogen-bond acceptors (Lipinski definition) is 9. The lowest BCUT2D eigenvalue weighted by molar-refractivity contribution is -0.144. The number of halogens is 1. The third-order valence-electron chi connectivity index (χ3n) is 5.56. The first-order valence-electron chi connectivity index (χ1n) is 10.6. The van der Waals surface area contributed by atoms with E-state index in [9.17, 15) is 14.3 Å². The highest BCUT2D eigenvalue weighted by Gasteiger charge is 2.48. The number of aliphatic hydroxyl groups is 1. The van der Waals surface area contributed by atoms with Crippen LogP contribution in [0.25, 0.3) is 22.8 Å². The second-order valence-electron chi connectivity index (χ2n) is 7.89. The molecular formula is C22H21FN8O3. The van der Waals surface area contributed by atoms with Gasteiger partial charge in [0.1, 0.15) is 12.4 Å². The highest BCUT2D eigenvalue weighted by atomic mass is 19.1. The topological polar surface area (TPSA) is 135 Å². The Labute approximate surface area is 193 Å². The van der Waals surface area contributed by atoms with Crippen LogP contribution in [-0.4, -0.2) is 66.1 Å².